The molecular weight excluding hydrogens is 318 g/mol. The van der Waals surface area contributed by atoms with Crippen LogP contribution in [0.4, 0.5) is 0 Å². The highest BCUT2D eigenvalue weighted by molar-refractivity contribution is 5.97. The Morgan fingerprint density at radius 3 is 2.36 bits per heavy atom. The van der Waals surface area contributed by atoms with Crippen molar-refractivity contribution in [1.82, 2.24) is 5.32 Å². The third-order valence-corrected chi connectivity index (χ3v) is 4.06. The highest BCUT2D eigenvalue weighted by atomic mass is 16.4. The maximum Gasteiger partial charge on any atom is 0.311 e. The number of carbonyl (C=O) groups is 2. The minimum Gasteiger partial charge on any atom is -0.481 e. The molecule has 0 aliphatic heterocycles. The standard InChI is InChI=1S/C20H25NO4/c1-12(2)9-15-5-7-16(8-6-15)14(4)21-20(24)19-13(3)11-25-17(19)10-18(22)23/h5-8,11-12,14H,9-10H2,1-4H3,(H,21,24)(H,22,23). The predicted octanol–water partition coefficient (Wildman–Crippen LogP) is 3.90. The molecule has 2 aromatic rings. The summed E-state index contributed by atoms with van der Waals surface area (Å²) < 4.78 is 5.23. The molecule has 1 aromatic carbocycles. The lowest BCUT2D eigenvalue weighted by Gasteiger charge is -2.15. The largest absolute Gasteiger partial charge is 0.481 e. The molecule has 0 radical (unpaired) electrons. The van der Waals surface area contributed by atoms with Crippen LogP contribution in [0.1, 0.15) is 59.6 Å². The molecule has 2 rings (SSSR count). The van der Waals surface area contributed by atoms with Gasteiger partial charge in [-0.3, -0.25) is 9.59 Å². The number of carboxylic acids is 1. The van der Waals surface area contributed by atoms with Crippen LogP contribution in [0, 0.1) is 12.8 Å². The molecule has 0 saturated carbocycles. The molecular formula is C20H25NO4. The Morgan fingerprint density at radius 2 is 1.80 bits per heavy atom. The topological polar surface area (TPSA) is 79.5 Å². The number of rotatable bonds is 7. The number of amides is 1. The fourth-order valence-corrected chi connectivity index (χ4v) is 2.84. The van der Waals surface area contributed by atoms with Gasteiger partial charge >= 0.3 is 5.97 Å². The van der Waals surface area contributed by atoms with Crippen LogP contribution in [0.3, 0.4) is 0 Å². The van der Waals surface area contributed by atoms with Crippen LogP contribution in [0.2, 0.25) is 0 Å². The van der Waals surface area contributed by atoms with Crippen LogP contribution in [0.5, 0.6) is 0 Å². The van der Waals surface area contributed by atoms with Crippen molar-refractivity contribution in [2.45, 2.75) is 46.6 Å². The minimum atomic E-state index is -1.03. The number of aliphatic carboxylic acids is 1. The Morgan fingerprint density at radius 1 is 1.16 bits per heavy atom. The molecule has 0 saturated heterocycles. The van der Waals surface area contributed by atoms with E-state index in [0.717, 1.165) is 12.0 Å². The second kappa shape index (κ2) is 8.01. The zero-order chi connectivity index (χ0) is 18.6. The Hall–Kier alpha value is -2.56. The molecule has 134 valence electrons. The molecule has 5 nitrogen and oxygen atoms in total. The van der Waals surface area contributed by atoms with Crippen molar-refractivity contribution < 1.29 is 19.1 Å². The molecule has 1 heterocycles. The van der Waals surface area contributed by atoms with Gasteiger partial charge in [0.15, 0.2) is 0 Å². The second-order valence-electron chi connectivity index (χ2n) is 6.82. The van der Waals surface area contributed by atoms with E-state index >= 15 is 0 Å². The van der Waals surface area contributed by atoms with Gasteiger partial charge in [0, 0.05) is 5.56 Å². The van der Waals surface area contributed by atoms with E-state index in [2.05, 4.69) is 31.3 Å². The fourth-order valence-electron chi connectivity index (χ4n) is 2.84. The normalized spacial score (nSPS) is 12.2. The number of aryl methyl sites for hydroxylation is 1. The fraction of sp³-hybridized carbons (Fsp3) is 0.400. The number of carboxylic acid groups (broad SMARTS) is 1. The average molecular weight is 343 g/mol. The molecule has 0 aliphatic rings. The zero-order valence-corrected chi connectivity index (χ0v) is 15.1. The Bertz CT molecular complexity index is 744. The number of benzene rings is 1. The summed E-state index contributed by atoms with van der Waals surface area (Å²) in [6, 6.07) is 8.01. The van der Waals surface area contributed by atoms with Crippen LogP contribution >= 0.6 is 0 Å². The molecule has 2 N–H and O–H groups in total. The quantitative estimate of drug-likeness (QED) is 0.799. The predicted molar refractivity (Wildman–Crippen MR) is 95.7 cm³/mol. The maximum atomic E-state index is 12.6. The van der Waals surface area contributed by atoms with Crippen LogP contribution in [-0.2, 0) is 17.6 Å². The van der Waals surface area contributed by atoms with Crippen molar-refractivity contribution in [3.63, 3.8) is 0 Å². The molecule has 1 aromatic heterocycles. The van der Waals surface area contributed by atoms with E-state index in [9.17, 15) is 9.59 Å². The molecule has 1 amide bonds. The Balaban J connectivity index is 2.10. The van der Waals surface area contributed by atoms with Crippen LogP contribution < -0.4 is 5.32 Å². The van der Waals surface area contributed by atoms with Gasteiger partial charge in [-0.05, 0) is 37.3 Å². The highest BCUT2D eigenvalue weighted by Crippen LogP contribution is 2.20. The van der Waals surface area contributed by atoms with E-state index in [4.69, 9.17) is 9.52 Å². The van der Waals surface area contributed by atoms with Crippen molar-refractivity contribution >= 4 is 11.9 Å². The first-order valence-electron chi connectivity index (χ1n) is 8.46. The molecule has 1 atom stereocenters. The van der Waals surface area contributed by atoms with Gasteiger partial charge in [-0.2, -0.15) is 0 Å². The maximum absolute atomic E-state index is 12.6. The number of furan rings is 1. The van der Waals surface area contributed by atoms with E-state index < -0.39 is 5.97 Å². The van der Waals surface area contributed by atoms with Crippen molar-refractivity contribution in [3.8, 4) is 0 Å². The highest BCUT2D eigenvalue weighted by Gasteiger charge is 2.22. The van der Waals surface area contributed by atoms with Gasteiger partial charge in [-0.15, -0.1) is 0 Å². The van der Waals surface area contributed by atoms with Gasteiger partial charge in [-0.1, -0.05) is 38.1 Å². The second-order valence-corrected chi connectivity index (χ2v) is 6.82. The SMILES string of the molecule is Cc1coc(CC(=O)O)c1C(=O)NC(C)c1ccc(CC(C)C)cc1. The van der Waals surface area contributed by atoms with Crippen molar-refractivity contribution in [1.29, 1.82) is 0 Å². The summed E-state index contributed by atoms with van der Waals surface area (Å²) in [5, 5.41) is 11.9. The first kappa shape index (κ1) is 18.8. The first-order valence-corrected chi connectivity index (χ1v) is 8.46. The van der Waals surface area contributed by atoms with Crippen LogP contribution in [0.25, 0.3) is 0 Å². The lowest BCUT2D eigenvalue weighted by molar-refractivity contribution is -0.136. The third-order valence-electron chi connectivity index (χ3n) is 4.06. The Labute approximate surface area is 148 Å². The lowest BCUT2D eigenvalue weighted by Crippen LogP contribution is -2.28. The minimum absolute atomic E-state index is 0.182. The van der Waals surface area contributed by atoms with Gasteiger partial charge in [-0.25, -0.2) is 0 Å². The van der Waals surface area contributed by atoms with Gasteiger partial charge in [0.25, 0.3) is 5.91 Å². The molecule has 5 heteroatoms. The van der Waals surface area contributed by atoms with Gasteiger partial charge in [0.05, 0.1) is 17.9 Å². The van der Waals surface area contributed by atoms with Crippen LogP contribution in [0.15, 0.2) is 34.9 Å². The van der Waals surface area contributed by atoms with Crippen molar-refractivity contribution in [3.05, 3.63) is 58.5 Å². The van der Waals surface area contributed by atoms with Crippen molar-refractivity contribution in [2.24, 2.45) is 5.92 Å². The summed E-state index contributed by atoms with van der Waals surface area (Å²) in [5.41, 5.74) is 3.22. The molecule has 25 heavy (non-hydrogen) atoms. The summed E-state index contributed by atoms with van der Waals surface area (Å²) >= 11 is 0. The summed E-state index contributed by atoms with van der Waals surface area (Å²) in [6.45, 7) is 7.99. The van der Waals surface area contributed by atoms with Gasteiger partial charge in [0.2, 0.25) is 0 Å². The third kappa shape index (κ3) is 4.95. The summed E-state index contributed by atoms with van der Waals surface area (Å²) in [5.74, 6) is -0.569. The molecule has 0 fully saturated rings. The van der Waals surface area contributed by atoms with Gasteiger partial charge in [0.1, 0.15) is 12.2 Å². The number of hydrogen-bond acceptors (Lipinski definition) is 3. The number of carbonyl (C=O) groups excluding carboxylic acids is 1. The van der Waals surface area contributed by atoms with E-state index in [-0.39, 0.29) is 24.1 Å². The molecule has 0 spiro atoms. The summed E-state index contributed by atoms with van der Waals surface area (Å²) in [7, 11) is 0. The first-order chi connectivity index (χ1) is 11.8. The smallest absolute Gasteiger partial charge is 0.311 e. The Kier molecular flexibility index (Phi) is 6.02. The van der Waals surface area contributed by atoms with Crippen LogP contribution in [-0.4, -0.2) is 17.0 Å². The van der Waals surface area contributed by atoms with E-state index in [1.807, 2.05) is 19.1 Å². The van der Waals surface area contributed by atoms with E-state index in [0.29, 0.717) is 17.0 Å². The van der Waals surface area contributed by atoms with Gasteiger partial charge < -0.3 is 14.8 Å². The average Bonchev–Trinajstić information content (AvgIpc) is 2.87. The van der Waals surface area contributed by atoms with Crippen molar-refractivity contribution in [2.75, 3.05) is 0 Å². The number of nitrogens with one attached hydrogen (secondary N) is 1. The lowest BCUT2D eigenvalue weighted by atomic mass is 9.99. The molecule has 0 aliphatic carbocycles. The van der Waals surface area contributed by atoms with E-state index in [1.54, 1.807) is 6.92 Å². The summed E-state index contributed by atoms with van der Waals surface area (Å²) in [4.78, 5) is 23.5. The monoisotopic (exact) mass is 343 g/mol. The molecule has 1 unspecified atom stereocenters. The number of hydrogen-bond donors (Lipinski definition) is 2. The molecule has 0 bridgehead atoms. The zero-order valence-electron chi connectivity index (χ0n) is 15.1. The van der Waals surface area contributed by atoms with E-state index in [1.165, 1.54) is 11.8 Å². The summed E-state index contributed by atoms with van der Waals surface area (Å²) in [6.07, 6.45) is 2.13.